The Hall–Kier alpha value is -4.28. The van der Waals surface area contributed by atoms with E-state index in [9.17, 15) is 9.59 Å². The second-order valence-electron chi connectivity index (χ2n) is 9.62. The summed E-state index contributed by atoms with van der Waals surface area (Å²) in [5.41, 5.74) is 7.02. The molecule has 0 saturated carbocycles. The Morgan fingerprint density at radius 1 is 1.13 bits per heavy atom. The average molecular weight is 528 g/mol. The van der Waals surface area contributed by atoms with Gasteiger partial charge in [0.15, 0.2) is 0 Å². The first kappa shape index (κ1) is 26.3. The highest BCUT2D eigenvalue weighted by Gasteiger charge is 2.25. The zero-order valence-corrected chi connectivity index (χ0v) is 22.0. The van der Waals surface area contributed by atoms with E-state index in [1.165, 1.54) is 0 Å². The van der Waals surface area contributed by atoms with Gasteiger partial charge in [0.2, 0.25) is 11.9 Å². The number of methoxy groups -OCH3 is 1. The van der Waals surface area contributed by atoms with E-state index in [0.29, 0.717) is 37.4 Å². The molecule has 5 rings (SSSR count). The molecular weight excluding hydrogens is 494 g/mol. The quantitative estimate of drug-likeness (QED) is 0.272. The summed E-state index contributed by atoms with van der Waals surface area (Å²) in [7, 11) is 1.68. The number of aromatic nitrogens is 4. The number of nitrogens with one attached hydrogen (secondary N) is 3. The van der Waals surface area contributed by atoms with Gasteiger partial charge in [-0.1, -0.05) is 30.3 Å². The molecule has 39 heavy (non-hydrogen) atoms. The molecule has 0 aliphatic carbocycles. The summed E-state index contributed by atoms with van der Waals surface area (Å²) >= 11 is 0. The summed E-state index contributed by atoms with van der Waals surface area (Å²) in [4.78, 5) is 30.5. The fourth-order valence-corrected chi connectivity index (χ4v) is 4.84. The van der Waals surface area contributed by atoms with E-state index in [1.54, 1.807) is 25.6 Å². The Kier molecular flexibility index (Phi) is 8.45. The molecule has 1 saturated heterocycles. The Morgan fingerprint density at radius 2 is 2.00 bits per heavy atom. The first-order chi connectivity index (χ1) is 19.1. The zero-order chi connectivity index (χ0) is 27.0. The molecular formula is C29H33N7O3. The van der Waals surface area contributed by atoms with Crippen LogP contribution in [0.15, 0.2) is 73.2 Å². The topological polar surface area (TPSA) is 117 Å². The van der Waals surface area contributed by atoms with Crippen molar-refractivity contribution in [1.29, 1.82) is 0 Å². The standard InChI is InChI=1S/C29H33N7O3/c1-39-20-26-13-7-15-36(26)34-27(37)14-6-10-24-19-35(25-11-3-2-4-12-25)29(32-24)33-28(38)22-9-5-8-21(16-22)23-17-30-31-18-23/h2-5,8-9,11-12,16-19,26H,6-7,10,13-15,20H2,1H3,(H,30,31)(H,34,37)(H,32,33,38). The number of benzene rings is 2. The van der Waals surface area contributed by atoms with E-state index in [4.69, 9.17) is 9.72 Å². The lowest BCUT2D eigenvalue weighted by molar-refractivity contribution is -0.126. The van der Waals surface area contributed by atoms with E-state index < -0.39 is 0 Å². The summed E-state index contributed by atoms with van der Waals surface area (Å²) in [5.74, 6) is 0.163. The molecule has 3 heterocycles. The van der Waals surface area contributed by atoms with Crippen LogP contribution in [0, 0.1) is 0 Å². The van der Waals surface area contributed by atoms with Gasteiger partial charge in [-0.15, -0.1) is 0 Å². The van der Waals surface area contributed by atoms with Gasteiger partial charge >= 0.3 is 0 Å². The maximum Gasteiger partial charge on any atom is 0.258 e. The Balaban J connectivity index is 1.25. The van der Waals surface area contributed by atoms with E-state index >= 15 is 0 Å². The third-order valence-electron chi connectivity index (χ3n) is 6.81. The summed E-state index contributed by atoms with van der Waals surface area (Å²) in [6.07, 6.45) is 9.12. The Labute approximate surface area is 227 Å². The monoisotopic (exact) mass is 527 g/mol. The number of H-pyrrole nitrogens is 1. The van der Waals surface area contributed by atoms with Crippen molar-refractivity contribution in [1.82, 2.24) is 30.2 Å². The molecule has 4 aromatic rings. The number of para-hydroxylation sites is 1. The second kappa shape index (κ2) is 12.5. The van der Waals surface area contributed by atoms with Crippen molar-refractivity contribution in [3.05, 3.63) is 84.4 Å². The van der Waals surface area contributed by atoms with Crippen LogP contribution in [0.25, 0.3) is 16.8 Å². The van der Waals surface area contributed by atoms with Crippen molar-refractivity contribution in [3.63, 3.8) is 0 Å². The molecule has 2 aromatic carbocycles. The number of aryl methyl sites for hydroxylation is 1. The van der Waals surface area contributed by atoms with Crippen LogP contribution in [-0.4, -0.2) is 62.9 Å². The molecule has 2 amide bonds. The summed E-state index contributed by atoms with van der Waals surface area (Å²) in [5, 5.41) is 11.8. The highest BCUT2D eigenvalue weighted by atomic mass is 16.5. The predicted molar refractivity (Wildman–Crippen MR) is 148 cm³/mol. The number of aromatic amines is 1. The number of amides is 2. The highest BCUT2D eigenvalue weighted by molar-refractivity contribution is 6.04. The van der Waals surface area contributed by atoms with Crippen LogP contribution in [0.5, 0.6) is 0 Å². The average Bonchev–Trinajstić information content (AvgIpc) is 3.72. The number of rotatable bonds is 11. The van der Waals surface area contributed by atoms with Crippen LogP contribution < -0.4 is 10.7 Å². The highest BCUT2D eigenvalue weighted by Crippen LogP contribution is 2.22. The van der Waals surface area contributed by atoms with Gasteiger partial charge in [0.1, 0.15) is 0 Å². The van der Waals surface area contributed by atoms with Crippen molar-refractivity contribution in [3.8, 4) is 16.8 Å². The Morgan fingerprint density at radius 3 is 2.79 bits per heavy atom. The van der Waals surface area contributed by atoms with Gasteiger partial charge in [-0.2, -0.15) is 5.10 Å². The van der Waals surface area contributed by atoms with Crippen LogP contribution in [-0.2, 0) is 16.0 Å². The minimum atomic E-state index is -0.259. The fourth-order valence-electron chi connectivity index (χ4n) is 4.84. The lowest BCUT2D eigenvalue weighted by atomic mass is 10.1. The molecule has 1 aliphatic heterocycles. The number of anilines is 1. The van der Waals surface area contributed by atoms with Crippen LogP contribution >= 0.6 is 0 Å². The van der Waals surface area contributed by atoms with Crippen molar-refractivity contribution < 1.29 is 14.3 Å². The number of hydrazine groups is 1. The molecule has 0 bridgehead atoms. The predicted octanol–water partition coefficient (Wildman–Crippen LogP) is 3.98. The molecule has 3 N–H and O–H groups in total. The summed E-state index contributed by atoms with van der Waals surface area (Å²) in [6, 6.07) is 17.3. The van der Waals surface area contributed by atoms with Gasteiger partial charge in [0, 0.05) is 49.3 Å². The van der Waals surface area contributed by atoms with Crippen LogP contribution in [0.2, 0.25) is 0 Å². The fraction of sp³-hybridized carbons (Fsp3) is 0.310. The van der Waals surface area contributed by atoms with E-state index in [1.807, 2.05) is 64.3 Å². The number of carbonyl (C=O) groups excluding carboxylic acids is 2. The van der Waals surface area contributed by atoms with Crippen molar-refractivity contribution >= 4 is 17.8 Å². The maximum absolute atomic E-state index is 13.2. The molecule has 0 radical (unpaired) electrons. The molecule has 10 heteroatoms. The Bertz CT molecular complexity index is 1390. The number of ether oxygens (including phenoxy) is 1. The largest absolute Gasteiger partial charge is 0.383 e. The second-order valence-corrected chi connectivity index (χ2v) is 9.62. The molecule has 2 aromatic heterocycles. The lowest BCUT2D eigenvalue weighted by Crippen LogP contribution is -2.46. The maximum atomic E-state index is 13.2. The number of carbonyl (C=O) groups is 2. The molecule has 1 aliphatic rings. The summed E-state index contributed by atoms with van der Waals surface area (Å²) in [6.45, 7) is 1.45. The minimum Gasteiger partial charge on any atom is -0.383 e. The molecule has 1 atom stereocenters. The first-order valence-corrected chi connectivity index (χ1v) is 13.2. The van der Waals surface area contributed by atoms with Crippen molar-refractivity contribution in [2.24, 2.45) is 0 Å². The lowest BCUT2D eigenvalue weighted by Gasteiger charge is -2.24. The summed E-state index contributed by atoms with van der Waals surface area (Å²) < 4.78 is 7.14. The van der Waals surface area contributed by atoms with Gasteiger partial charge in [0.05, 0.1) is 24.5 Å². The van der Waals surface area contributed by atoms with Gasteiger partial charge in [-0.05, 0) is 55.5 Å². The smallest absolute Gasteiger partial charge is 0.258 e. The van der Waals surface area contributed by atoms with Gasteiger partial charge < -0.3 is 4.74 Å². The zero-order valence-electron chi connectivity index (χ0n) is 22.0. The normalized spacial score (nSPS) is 15.4. The van der Waals surface area contributed by atoms with Gasteiger partial charge in [0.25, 0.3) is 5.91 Å². The third-order valence-corrected chi connectivity index (χ3v) is 6.81. The minimum absolute atomic E-state index is 0.00785. The molecule has 1 fully saturated rings. The van der Waals surface area contributed by atoms with E-state index in [0.717, 1.165) is 41.9 Å². The molecule has 202 valence electrons. The van der Waals surface area contributed by atoms with Crippen molar-refractivity contribution in [2.75, 3.05) is 25.6 Å². The number of nitrogens with zero attached hydrogens (tertiary/aromatic N) is 4. The van der Waals surface area contributed by atoms with Crippen LogP contribution in [0.1, 0.15) is 41.7 Å². The molecule has 1 unspecified atom stereocenters. The van der Waals surface area contributed by atoms with Gasteiger partial charge in [-0.25, -0.2) is 9.99 Å². The van der Waals surface area contributed by atoms with E-state index in [-0.39, 0.29) is 17.9 Å². The number of hydrogen-bond donors (Lipinski definition) is 3. The third kappa shape index (κ3) is 6.60. The molecule has 10 nitrogen and oxygen atoms in total. The SMILES string of the molecule is COCC1CCCN1NC(=O)CCCc1cn(-c2ccccc2)c(NC(=O)c2cccc(-c3cn[nH]c3)c2)n1. The van der Waals surface area contributed by atoms with Crippen molar-refractivity contribution in [2.45, 2.75) is 38.1 Å². The van der Waals surface area contributed by atoms with E-state index in [2.05, 4.69) is 20.9 Å². The molecule has 0 spiro atoms. The van der Waals surface area contributed by atoms with Gasteiger partial charge in [-0.3, -0.25) is 30.0 Å². The number of imidazole rings is 1. The first-order valence-electron chi connectivity index (χ1n) is 13.2. The number of hydrogen-bond acceptors (Lipinski definition) is 6. The van der Waals surface area contributed by atoms with Crippen LogP contribution in [0.4, 0.5) is 5.95 Å². The van der Waals surface area contributed by atoms with Crippen LogP contribution in [0.3, 0.4) is 0 Å².